The van der Waals surface area contributed by atoms with Crippen LogP contribution in [0.1, 0.15) is 11.9 Å². The van der Waals surface area contributed by atoms with Crippen molar-refractivity contribution in [2.24, 2.45) is 0 Å². The lowest BCUT2D eigenvalue weighted by atomic mass is 10.1. The maximum atomic E-state index is 13.0. The number of nitrogens with zero attached hydrogens (tertiary/aromatic N) is 2. The normalized spacial score (nSPS) is 15.6. The number of aromatic nitrogens is 2. The van der Waals surface area contributed by atoms with Gasteiger partial charge in [0, 0.05) is 17.5 Å². The minimum atomic E-state index is 0.0395. The molecule has 0 saturated heterocycles. The Morgan fingerprint density at radius 1 is 1.00 bits per heavy atom. The van der Waals surface area contributed by atoms with Gasteiger partial charge in [-0.05, 0) is 48.0 Å². The third-order valence-corrected chi connectivity index (χ3v) is 8.71. The summed E-state index contributed by atoms with van der Waals surface area (Å²) < 4.78 is 4.62. The van der Waals surface area contributed by atoms with E-state index in [9.17, 15) is 4.79 Å². The monoisotopic (exact) mass is 485 g/mol. The molecule has 0 bridgehead atoms. The number of benzene rings is 3. The number of hydrogen-bond acceptors (Lipinski definition) is 6. The summed E-state index contributed by atoms with van der Waals surface area (Å²) in [6.07, 6.45) is 5.96. The number of anilines is 1. The summed E-state index contributed by atoms with van der Waals surface area (Å²) in [5.74, 6) is 0. The molecule has 3 heterocycles. The lowest BCUT2D eigenvalue weighted by Gasteiger charge is -2.02. The number of allylic oxidation sites excluding steroid dienone is 1. The highest BCUT2D eigenvalue weighted by molar-refractivity contribution is 8.04. The molecule has 0 aliphatic carbocycles. The van der Waals surface area contributed by atoms with Crippen LogP contribution in [0.2, 0.25) is 0 Å². The molecule has 7 heteroatoms. The van der Waals surface area contributed by atoms with Crippen LogP contribution in [-0.2, 0) is 6.54 Å². The van der Waals surface area contributed by atoms with E-state index in [-0.39, 0.29) is 5.56 Å². The second kappa shape index (κ2) is 8.33. The summed E-state index contributed by atoms with van der Waals surface area (Å²) in [6.45, 7) is 2.63. The fraction of sp³-hybridized carbons (Fsp3) is 0.0769. The van der Waals surface area contributed by atoms with E-state index in [1.54, 1.807) is 23.1 Å². The van der Waals surface area contributed by atoms with E-state index in [2.05, 4.69) is 47.8 Å². The summed E-state index contributed by atoms with van der Waals surface area (Å²) in [7, 11) is 0. The third kappa shape index (κ3) is 3.72. The molecular formula is C26H19N3OS3. The molecule has 0 radical (unpaired) electrons. The Labute approximate surface area is 202 Å². The summed E-state index contributed by atoms with van der Waals surface area (Å²) in [4.78, 5) is 19.0. The smallest absolute Gasteiger partial charge is 0.269 e. The highest BCUT2D eigenvalue weighted by Crippen LogP contribution is 2.45. The van der Waals surface area contributed by atoms with Crippen LogP contribution >= 0.6 is 34.4 Å². The van der Waals surface area contributed by atoms with Crippen LogP contribution in [0.25, 0.3) is 33.1 Å². The van der Waals surface area contributed by atoms with E-state index in [1.165, 1.54) is 27.0 Å². The second-order valence-corrected chi connectivity index (χ2v) is 10.8. The van der Waals surface area contributed by atoms with Crippen molar-refractivity contribution in [1.29, 1.82) is 0 Å². The molecule has 4 nitrogen and oxygen atoms in total. The van der Waals surface area contributed by atoms with Crippen LogP contribution in [0.4, 0.5) is 5.69 Å². The molecule has 162 valence electrons. The number of thioether (sulfide) groups is 1. The number of thiazole rings is 2. The highest BCUT2D eigenvalue weighted by Gasteiger charge is 2.17. The Kier molecular flexibility index (Phi) is 5.17. The van der Waals surface area contributed by atoms with E-state index >= 15 is 0 Å². The van der Waals surface area contributed by atoms with E-state index in [4.69, 9.17) is 4.98 Å². The Bertz CT molecular complexity index is 1710. The fourth-order valence-electron chi connectivity index (χ4n) is 3.96. The quantitative estimate of drug-likeness (QED) is 0.374. The molecule has 0 amide bonds. The van der Waals surface area contributed by atoms with Gasteiger partial charge < -0.3 is 5.32 Å². The molecule has 0 saturated carbocycles. The SMILES string of the molecule is CCn1c(=O)c(=CC=C2Nc3ccc4ccccc4c3S2)s/c1=C\c1nc2ccccc2s1. The van der Waals surface area contributed by atoms with Gasteiger partial charge in [-0.1, -0.05) is 54.2 Å². The van der Waals surface area contributed by atoms with Crippen molar-refractivity contribution < 1.29 is 0 Å². The van der Waals surface area contributed by atoms with Gasteiger partial charge in [-0.2, -0.15) is 0 Å². The first kappa shape index (κ1) is 20.5. The summed E-state index contributed by atoms with van der Waals surface area (Å²) >= 11 is 4.86. The van der Waals surface area contributed by atoms with Crippen molar-refractivity contribution in [3.8, 4) is 0 Å². The Hall–Kier alpha value is -3.13. The van der Waals surface area contributed by atoms with Gasteiger partial charge in [-0.25, -0.2) is 4.98 Å². The van der Waals surface area contributed by atoms with Gasteiger partial charge in [0.1, 0.15) is 9.67 Å². The molecule has 0 atom stereocenters. The standard InChI is InChI=1S/C26H19N3OS3/c1-2-29-24(15-23-27-18-9-5-6-10-20(18)31-23)32-21(26(29)30)13-14-22-28-19-12-11-16-7-3-4-8-17(16)25(19)33-22/h3-15,28H,2H2,1H3/b21-13?,22-14?,24-15-. The van der Waals surface area contributed by atoms with Crippen LogP contribution in [-0.4, -0.2) is 9.55 Å². The van der Waals surface area contributed by atoms with Crippen LogP contribution < -0.4 is 20.1 Å². The predicted octanol–water partition coefficient (Wildman–Crippen LogP) is 5.36. The minimum Gasteiger partial charge on any atom is -0.349 e. The van der Waals surface area contributed by atoms with Gasteiger partial charge >= 0.3 is 0 Å². The zero-order valence-corrected chi connectivity index (χ0v) is 20.2. The van der Waals surface area contributed by atoms with E-state index < -0.39 is 0 Å². The first-order valence-corrected chi connectivity index (χ1v) is 13.1. The first-order chi connectivity index (χ1) is 16.2. The van der Waals surface area contributed by atoms with Crippen molar-refractivity contribution in [1.82, 2.24) is 9.55 Å². The van der Waals surface area contributed by atoms with Gasteiger partial charge in [0.05, 0.1) is 25.5 Å². The zero-order chi connectivity index (χ0) is 22.4. The maximum Gasteiger partial charge on any atom is 0.269 e. The van der Waals surface area contributed by atoms with Crippen molar-refractivity contribution in [2.45, 2.75) is 18.4 Å². The Morgan fingerprint density at radius 2 is 1.85 bits per heavy atom. The van der Waals surface area contributed by atoms with Gasteiger partial charge in [-0.3, -0.25) is 9.36 Å². The molecule has 1 aliphatic heterocycles. The average Bonchev–Trinajstić information content (AvgIpc) is 3.52. The molecule has 6 rings (SSSR count). The fourth-order valence-corrected chi connectivity index (χ4v) is 7.03. The molecule has 2 aromatic heterocycles. The summed E-state index contributed by atoms with van der Waals surface area (Å²) in [6, 6.07) is 20.8. The lowest BCUT2D eigenvalue weighted by Crippen LogP contribution is -2.30. The van der Waals surface area contributed by atoms with Crippen LogP contribution in [0, 0.1) is 0 Å². The molecule has 1 aliphatic rings. The Balaban J connectivity index is 1.38. The average molecular weight is 486 g/mol. The van der Waals surface area contributed by atoms with Crippen molar-refractivity contribution >= 4 is 73.3 Å². The van der Waals surface area contributed by atoms with Crippen molar-refractivity contribution in [3.63, 3.8) is 0 Å². The second-order valence-electron chi connectivity index (χ2n) is 7.61. The van der Waals surface area contributed by atoms with Gasteiger partial charge in [-0.15, -0.1) is 22.7 Å². The number of nitrogens with one attached hydrogen (secondary N) is 1. The largest absolute Gasteiger partial charge is 0.349 e. The molecular weight excluding hydrogens is 467 g/mol. The van der Waals surface area contributed by atoms with Crippen molar-refractivity contribution in [2.75, 3.05) is 5.32 Å². The molecule has 0 fully saturated rings. The molecule has 33 heavy (non-hydrogen) atoms. The van der Waals surface area contributed by atoms with Crippen LogP contribution in [0.5, 0.6) is 0 Å². The van der Waals surface area contributed by atoms with E-state index in [1.807, 2.05) is 47.9 Å². The lowest BCUT2D eigenvalue weighted by molar-refractivity contribution is 0.723. The maximum absolute atomic E-state index is 13.0. The van der Waals surface area contributed by atoms with E-state index in [0.717, 1.165) is 35.1 Å². The molecule has 5 aromatic rings. The van der Waals surface area contributed by atoms with Crippen LogP contribution in [0.3, 0.4) is 0 Å². The number of hydrogen-bond donors (Lipinski definition) is 1. The number of para-hydroxylation sites is 1. The topological polar surface area (TPSA) is 46.9 Å². The molecule has 1 N–H and O–H groups in total. The summed E-state index contributed by atoms with van der Waals surface area (Å²) in [5, 5.41) is 7.89. The molecule has 0 spiro atoms. The zero-order valence-electron chi connectivity index (χ0n) is 17.7. The summed E-state index contributed by atoms with van der Waals surface area (Å²) in [5.41, 5.74) is 2.14. The molecule has 0 unspecified atom stereocenters. The van der Waals surface area contributed by atoms with E-state index in [0.29, 0.717) is 6.54 Å². The number of fused-ring (bicyclic) bond motifs is 4. The Morgan fingerprint density at radius 3 is 2.73 bits per heavy atom. The van der Waals surface area contributed by atoms with Crippen molar-refractivity contribution in [3.05, 3.63) is 96.3 Å². The van der Waals surface area contributed by atoms with Gasteiger partial charge in [0.25, 0.3) is 5.56 Å². The van der Waals surface area contributed by atoms with Crippen LogP contribution in [0.15, 0.2) is 81.5 Å². The first-order valence-electron chi connectivity index (χ1n) is 10.7. The predicted molar refractivity (Wildman–Crippen MR) is 143 cm³/mol. The molecule has 3 aromatic carbocycles. The van der Waals surface area contributed by atoms with Gasteiger partial charge in [0.2, 0.25) is 0 Å². The van der Waals surface area contributed by atoms with Gasteiger partial charge in [0.15, 0.2) is 0 Å². The third-order valence-electron chi connectivity index (χ3n) is 5.55. The minimum absolute atomic E-state index is 0.0395. The number of rotatable bonds is 3. The highest BCUT2D eigenvalue weighted by atomic mass is 32.2.